The van der Waals surface area contributed by atoms with E-state index in [2.05, 4.69) is 33.6 Å². The number of carbonyl (C=O) groups is 3. The molecule has 0 saturated heterocycles. The lowest BCUT2D eigenvalue weighted by molar-refractivity contribution is -0.144. The van der Waals surface area contributed by atoms with Gasteiger partial charge >= 0.3 is 5.97 Å². The van der Waals surface area contributed by atoms with E-state index < -0.39 is 18.4 Å². The van der Waals surface area contributed by atoms with Crippen molar-refractivity contribution in [3.8, 4) is 11.4 Å². The minimum Gasteiger partial charge on any atom is -0.480 e. The molecule has 2 aliphatic rings. The number of nitrogens with one attached hydrogen (secondary N) is 2. The molecule has 2 aromatic carbocycles. The summed E-state index contributed by atoms with van der Waals surface area (Å²) in [6.07, 6.45) is 18.0. The highest BCUT2D eigenvalue weighted by atomic mass is 16.4. The number of carboxylic acid groups (broad SMARTS) is 1. The fourth-order valence-electron chi connectivity index (χ4n) is 7.01. The van der Waals surface area contributed by atoms with Gasteiger partial charge in [0.05, 0.1) is 13.1 Å². The number of hydrogen-bond acceptors (Lipinski definition) is 6. The van der Waals surface area contributed by atoms with E-state index >= 15 is 0 Å². The number of allylic oxidation sites excluding steroid dienone is 2. The second-order valence-corrected chi connectivity index (χ2v) is 13.0. The van der Waals surface area contributed by atoms with E-state index in [9.17, 15) is 19.5 Å². The second-order valence-electron chi connectivity index (χ2n) is 13.0. The van der Waals surface area contributed by atoms with Crippen LogP contribution in [0.4, 0.5) is 5.69 Å². The first-order valence-electron chi connectivity index (χ1n) is 17.0. The average Bonchev–Trinajstić information content (AvgIpc) is 3.10. The van der Waals surface area contributed by atoms with Crippen LogP contribution in [0.1, 0.15) is 75.8 Å². The highest BCUT2D eigenvalue weighted by Gasteiger charge is 2.28. The van der Waals surface area contributed by atoms with Crippen molar-refractivity contribution >= 4 is 29.0 Å². The Bertz CT molecular complexity index is 1500. The Morgan fingerprint density at radius 3 is 2.23 bits per heavy atom. The number of aromatic nitrogens is 2. The maximum absolute atomic E-state index is 12.8. The molecule has 1 saturated carbocycles. The lowest BCUT2D eigenvalue weighted by Gasteiger charge is -2.35. The number of anilines is 1. The number of amides is 2. The molecule has 1 aromatic heterocycles. The van der Waals surface area contributed by atoms with E-state index in [1.807, 2.05) is 67.0 Å². The largest absolute Gasteiger partial charge is 0.480 e. The summed E-state index contributed by atoms with van der Waals surface area (Å²) >= 11 is 0. The molecule has 1 unspecified atom stereocenters. The molecule has 3 aromatic rings. The predicted octanol–water partition coefficient (Wildman–Crippen LogP) is 6.58. The Morgan fingerprint density at radius 1 is 0.872 bits per heavy atom. The highest BCUT2D eigenvalue weighted by Crippen LogP contribution is 2.42. The van der Waals surface area contributed by atoms with Gasteiger partial charge in [0.2, 0.25) is 11.8 Å². The van der Waals surface area contributed by atoms with Crippen LogP contribution in [0.3, 0.4) is 0 Å². The fourth-order valence-corrected chi connectivity index (χ4v) is 7.01. The number of carboxylic acids is 1. The zero-order valence-corrected chi connectivity index (χ0v) is 27.4. The summed E-state index contributed by atoms with van der Waals surface area (Å²) in [5.74, 6) is 1.28. The van der Waals surface area contributed by atoms with E-state index in [0.29, 0.717) is 5.82 Å². The minimum absolute atomic E-state index is 0.00120. The normalized spacial score (nSPS) is 19.3. The Labute approximate surface area is 277 Å². The summed E-state index contributed by atoms with van der Waals surface area (Å²) < 4.78 is 0. The zero-order chi connectivity index (χ0) is 33.0. The SMILES string of the molecule is CCC[C@H]1CC[C@H](C2CC=C(c3cnc(-c4ccc(CN(CC(=O)O)C(=O)CNC(=O)CNc5ccccc5)cc4)nc3)CC2)CC1. The number of carbonyl (C=O) groups excluding carboxylic acids is 2. The number of aliphatic carboxylic acids is 1. The van der Waals surface area contributed by atoms with E-state index in [-0.39, 0.29) is 25.5 Å². The maximum atomic E-state index is 12.8. The van der Waals surface area contributed by atoms with Crippen molar-refractivity contribution in [3.63, 3.8) is 0 Å². The van der Waals surface area contributed by atoms with Crippen LogP contribution in [-0.2, 0) is 20.9 Å². The van der Waals surface area contributed by atoms with Gasteiger partial charge in [0, 0.05) is 35.8 Å². The van der Waals surface area contributed by atoms with Crippen molar-refractivity contribution in [2.75, 3.05) is 25.0 Å². The van der Waals surface area contributed by atoms with Gasteiger partial charge in [-0.3, -0.25) is 14.4 Å². The Morgan fingerprint density at radius 2 is 1.60 bits per heavy atom. The molecule has 0 bridgehead atoms. The zero-order valence-electron chi connectivity index (χ0n) is 27.4. The first-order chi connectivity index (χ1) is 22.9. The summed E-state index contributed by atoms with van der Waals surface area (Å²) in [5.41, 5.74) is 4.82. The van der Waals surface area contributed by atoms with Crippen molar-refractivity contribution < 1.29 is 19.5 Å². The summed E-state index contributed by atoms with van der Waals surface area (Å²) in [5, 5.41) is 14.9. The summed E-state index contributed by atoms with van der Waals surface area (Å²) in [6.45, 7) is 1.63. The molecule has 9 heteroatoms. The number of rotatable bonds is 14. The van der Waals surface area contributed by atoms with E-state index in [0.717, 1.165) is 53.0 Å². The van der Waals surface area contributed by atoms with Crippen LogP contribution in [0.15, 0.2) is 73.1 Å². The molecule has 0 spiro atoms. The minimum atomic E-state index is -1.13. The van der Waals surface area contributed by atoms with Crippen molar-refractivity contribution in [2.24, 2.45) is 17.8 Å². The molecule has 1 fully saturated rings. The molecule has 0 aliphatic heterocycles. The van der Waals surface area contributed by atoms with Crippen molar-refractivity contribution in [1.29, 1.82) is 0 Å². The van der Waals surface area contributed by atoms with Crippen molar-refractivity contribution in [1.82, 2.24) is 20.2 Å². The van der Waals surface area contributed by atoms with Gasteiger partial charge in [-0.05, 0) is 73.1 Å². The standard InChI is InChI=1S/C38H47N5O4/c1-2-6-27-9-13-29(14-10-27)30-17-19-31(20-18-30)33-21-41-38(42-22-33)32-15-11-28(12-16-32)25-43(26-37(46)47)36(45)24-40-35(44)23-39-34-7-4-3-5-8-34/h3-5,7-8,11-12,15-16,19,21-22,27,29-30,39H,2,6,9-10,13-14,17-18,20,23-26H2,1H3,(H,40,44)(H,46,47)/t27-,29-,30?. The third kappa shape index (κ3) is 9.98. The van der Waals surface area contributed by atoms with Crippen LogP contribution < -0.4 is 10.6 Å². The second kappa shape index (κ2) is 16.9. The van der Waals surface area contributed by atoms with Gasteiger partial charge < -0.3 is 20.6 Å². The van der Waals surface area contributed by atoms with Crippen LogP contribution in [-0.4, -0.2) is 57.4 Å². The molecule has 248 valence electrons. The van der Waals surface area contributed by atoms with Gasteiger partial charge in [0.1, 0.15) is 6.54 Å². The summed E-state index contributed by atoms with van der Waals surface area (Å²) in [6, 6.07) is 16.7. The van der Waals surface area contributed by atoms with E-state index in [1.165, 1.54) is 55.4 Å². The molecular weight excluding hydrogens is 590 g/mol. The van der Waals surface area contributed by atoms with Gasteiger partial charge in [-0.2, -0.15) is 0 Å². The van der Waals surface area contributed by atoms with Crippen LogP contribution in [0.5, 0.6) is 0 Å². The van der Waals surface area contributed by atoms with Gasteiger partial charge in [-0.15, -0.1) is 0 Å². The highest BCUT2D eigenvalue weighted by molar-refractivity contribution is 5.88. The molecule has 2 amide bonds. The number of benzene rings is 2. The number of hydrogen-bond donors (Lipinski definition) is 3. The molecule has 9 nitrogen and oxygen atoms in total. The molecule has 5 rings (SSSR count). The Balaban J connectivity index is 1.11. The number of para-hydroxylation sites is 1. The van der Waals surface area contributed by atoms with Crippen LogP contribution >= 0.6 is 0 Å². The van der Waals surface area contributed by atoms with Crippen LogP contribution in [0.25, 0.3) is 17.0 Å². The Kier molecular flexibility index (Phi) is 12.1. The fraction of sp³-hybridized carbons (Fsp3) is 0.447. The van der Waals surface area contributed by atoms with E-state index in [4.69, 9.17) is 0 Å². The van der Waals surface area contributed by atoms with Crippen molar-refractivity contribution in [3.05, 3.63) is 84.2 Å². The topological polar surface area (TPSA) is 125 Å². The van der Waals surface area contributed by atoms with Gasteiger partial charge in [-0.1, -0.05) is 81.1 Å². The molecule has 1 atom stereocenters. The quantitative estimate of drug-likeness (QED) is 0.183. The maximum Gasteiger partial charge on any atom is 0.323 e. The van der Waals surface area contributed by atoms with E-state index in [1.54, 1.807) is 0 Å². The monoisotopic (exact) mass is 637 g/mol. The van der Waals surface area contributed by atoms with Gasteiger partial charge in [0.25, 0.3) is 0 Å². The summed E-state index contributed by atoms with van der Waals surface area (Å²) in [4.78, 5) is 47.1. The first-order valence-corrected chi connectivity index (χ1v) is 17.0. The lowest BCUT2D eigenvalue weighted by Crippen LogP contribution is -2.43. The molecule has 3 N–H and O–H groups in total. The molecule has 0 radical (unpaired) electrons. The van der Waals surface area contributed by atoms with Gasteiger partial charge in [-0.25, -0.2) is 9.97 Å². The Hall–Kier alpha value is -4.53. The summed E-state index contributed by atoms with van der Waals surface area (Å²) in [7, 11) is 0. The molecule has 47 heavy (non-hydrogen) atoms. The van der Waals surface area contributed by atoms with Crippen molar-refractivity contribution in [2.45, 2.75) is 71.3 Å². The number of nitrogens with zero attached hydrogens (tertiary/aromatic N) is 3. The third-order valence-corrected chi connectivity index (χ3v) is 9.66. The van der Waals surface area contributed by atoms with Gasteiger partial charge in [0.15, 0.2) is 5.82 Å². The van der Waals surface area contributed by atoms with Crippen LogP contribution in [0, 0.1) is 17.8 Å². The average molecular weight is 638 g/mol. The molecular formula is C38H47N5O4. The first kappa shape index (κ1) is 33.8. The molecule has 2 aliphatic carbocycles. The molecule has 1 heterocycles. The van der Waals surface area contributed by atoms with Crippen LogP contribution in [0.2, 0.25) is 0 Å². The predicted molar refractivity (Wildman–Crippen MR) is 184 cm³/mol. The third-order valence-electron chi connectivity index (χ3n) is 9.66. The lowest BCUT2D eigenvalue weighted by atomic mass is 9.70. The smallest absolute Gasteiger partial charge is 0.323 e.